The maximum atomic E-state index is 12.4. The molecule has 0 aliphatic carbocycles. The molecule has 134 valence electrons. The van der Waals surface area contributed by atoms with Gasteiger partial charge in [0.15, 0.2) is 9.84 Å². The third-order valence-electron chi connectivity index (χ3n) is 4.34. The largest absolute Gasteiger partial charge is 0.301 e. The van der Waals surface area contributed by atoms with Gasteiger partial charge in [0.2, 0.25) is 5.91 Å². The molecule has 1 aromatic carbocycles. The highest BCUT2D eigenvalue weighted by molar-refractivity contribution is 7.91. The van der Waals surface area contributed by atoms with Crippen molar-refractivity contribution in [1.29, 1.82) is 0 Å². The van der Waals surface area contributed by atoms with Gasteiger partial charge in [-0.1, -0.05) is 17.7 Å². The van der Waals surface area contributed by atoms with Gasteiger partial charge in [-0.15, -0.1) is 11.3 Å². The summed E-state index contributed by atoms with van der Waals surface area (Å²) in [6.07, 6.45) is 0.530. The van der Waals surface area contributed by atoms with Crippen LogP contribution < -0.4 is 4.90 Å². The van der Waals surface area contributed by atoms with Crippen molar-refractivity contribution in [2.45, 2.75) is 18.2 Å². The second-order valence-electron chi connectivity index (χ2n) is 6.26. The first kappa shape index (κ1) is 18.1. The highest BCUT2D eigenvalue weighted by Crippen LogP contribution is 2.23. The first-order chi connectivity index (χ1) is 12.0. The molecule has 0 bridgehead atoms. The summed E-state index contributed by atoms with van der Waals surface area (Å²) in [5.41, 5.74) is 1.04. The zero-order valence-corrected chi connectivity index (χ0v) is 15.9. The maximum absolute atomic E-state index is 12.4. The molecule has 1 amide bonds. The Kier molecular flexibility index (Phi) is 5.56. The lowest BCUT2D eigenvalue weighted by Gasteiger charge is -2.33. The van der Waals surface area contributed by atoms with Gasteiger partial charge in [-0.25, -0.2) is 8.42 Å². The van der Waals surface area contributed by atoms with Gasteiger partial charge in [-0.3, -0.25) is 9.69 Å². The molecule has 25 heavy (non-hydrogen) atoms. The molecule has 1 aliphatic heterocycles. The van der Waals surface area contributed by atoms with Crippen LogP contribution in [0.5, 0.6) is 0 Å². The van der Waals surface area contributed by atoms with E-state index in [1.807, 2.05) is 46.4 Å². The van der Waals surface area contributed by atoms with Crippen molar-refractivity contribution in [2.24, 2.45) is 0 Å². The molecule has 0 N–H and O–H groups in total. The molecule has 1 aromatic heterocycles. The van der Waals surface area contributed by atoms with Crippen LogP contribution in [0.4, 0.5) is 5.00 Å². The lowest BCUT2D eigenvalue weighted by Crippen LogP contribution is -2.50. The standard InChI is InChI=1S/C18H22N2O3S2/c1-15-5-7-16(8-6-15)25(22,23)13-3-9-19-10-11-20(17(21)14-19)18-4-2-12-24-18/h2,4-8,12H,3,9-11,13-14H2,1H3. The third kappa shape index (κ3) is 4.48. The van der Waals surface area contributed by atoms with E-state index in [1.54, 1.807) is 23.5 Å². The Morgan fingerprint density at radius 3 is 2.52 bits per heavy atom. The molecule has 0 saturated carbocycles. The summed E-state index contributed by atoms with van der Waals surface area (Å²) < 4.78 is 24.7. The third-order valence-corrected chi connectivity index (χ3v) is 7.05. The number of piperazine rings is 1. The first-order valence-electron chi connectivity index (χ1n) is 8.31. The SMILES string of the molecule is Cc1ccc(S(=O)(=O)CCCN2CCN(c3cccs3)C(=O)C2)cc1. The number of sulfone groups is 1. The summed E-state index contributed by atoms with van der Waals surface area (Å²) in [7, 11) is -3.26. The number of carbonyl (C=O) groups is 1. The Labute approximate surface area is 152 Å². The number of benzene rings is 1. The summed E-state index contributed by atoms with van der Waals surface area (Å²) >= 11 is 1.56. The molecule has 2 aromatic rings. The van der Waals surface area contributed by atoms with Gasteiger partial charge in [0.25, 0.3) is 0 Å². The maximum Gasteiger partial charge on any atom is 0.241 e. The van der Waals surface area contributed by atoms with E-state index >= 15 is 0 Å². The quantitative estimate of drug-likeness (QED) is 0.775. The van der Waals surface area contributed by atoms with Crippen molar-refractivity contribution in [3.63, 3.8) is 0 Å². The molecule has 5 nitrogen and oxygen atoms in total. The second-order valence-corrected chi connectivity index (χ2v) is 9.29. The van der Waals surface area contributed by atoms with E-state index in [4.69, 9.17) is 0 Å². The molecule has 0 spiro atoms. The molecular weight excluding hydrogens is 356 g/mol. The van der Waals surface area contributed by atoms with Crippen molar-refractivity contribution in [1.82, 2.24) is 4.90 Å². The van der Waals surface area contributed by atoms with E-state index in [0.29, 0.717) is 31.0 Å². The second kappa shape index (κ2) is 7.68. The van der Waals surface area contributed by atoms with Crippen LogP contribution >= 0.6 is 11.3 Å². The lowest BCUT2D eigenvalue weighted by molar-refractivity contribution is -0.121. The fourth-order valence-corrected chi connectivity index (χ4v) is 4.98. The average molecular weight is 379 g/mol. The van der Waals surface area contributed by atoms with Crippen LogP contribution in [0.1, 0.15) is 12.0 Å². The van der Waals surface area contributed by atoms with Gasteiger partial charge in [0, 0.05) is 13.1 Å². The highest BCUT2D eigenvalue weighted by Gasteiger charge is 2.25. The number of thiophene rings is 1. The molecule has 1 fully saturated rings. The number of hydrogen-bond acceptors (Lipinski definition) is 5. The fraction of sp³-hybridized carbons (Fsp3) is 0.389. The predicted octanol–water partition coefficient (Wildman–Crippen LogP) is 2.57. The van der Waals surface area contributed by atoms with Gasteiger partial charge in [0.1, 0.15) is 0 Å². The Balaban J connectivity index is 1.50. The average Bonchev–Trinajstić information content (AvgIpc) is 3.09. The zero-order chi connectivity index (χ0) is 17.9. The number of carbonyl (C=O) groups excluding carboxylic acids is 1. The molecule has 2 heterocycles. The van der Waals surface area contributed by atoms with Crippen molar-refractivity contribution < 1.29 is 13.2 Å². The van der Waals surface area contributed by atoms with Gasteiger partial charge in [0.05, 0.1) is 22.2 Å². The molecular formula is C18H22N2O3S2. The minimum absolute atomic E-state index is 0.0788. The molecule has 3 rings (SSSR count). The van der Waals surface area contributed by atoms with Crippen molar-refractivity contribution in [2.75, 3.05) is 36.8 Å². The number of hydrogen-bond donors (Lipinski definition) is 0. The molecule has 0 unspecified atom stereocenters. The van der Waals surface area contributed by atoms with E-state index in [-0.39, 0.29) is 11.7 Å². The van der Waals surface area contributed by atoms with Crippen LogP contribution in [-0.2, 0) is 14.6 Å². The lowest BCUT2D eigenvalue weighted by atomic mass is 10.2. The number of anilines is 1. The van der Waals surface area contributed by atoms with Crippen molar-refractivity contribution in [3.05, 3.63) is 47.3 Å². The summed E-state index contributed by atoms with van der Waals surface area (Å²) in [4.78, 5) is 16.5. The summed E-state index contributed by atoms with van der Waals surface area (Å²) in [6, 6.07) is 10.8. The summed E-state index contributed by atoms with van der Waals surface area (Å²) in [6.45, 7) is 4.33. The fourth-order valence-electron chi connectivity index (χ4n) is 2.91. The molecule has 7 heteroatoms. The Morgan fingerprint density at radius 1 is 1.12 bits per heavy atom. The van der Waals surface area contributed by atoms with E-state index < -0.39 is 9.84 Å². The van der Waals surface area contributed by atoms with Crippen LogP contribution in [-0.4, -0.2) is 51.2 Å². The van der Waals surface area contributed by atoms with E-state index in [1.165, 1.54) is 0 Å². The first-order valence-corrected chi connectivity index (χ1v) is 10.8. The van der Waals surface area contributed by atoms with E-state index in [2.05, 4.69) is 0 Å². The number of amides is 1. The number of nitrogens with zero attached hydrogens (tertiary/aromatic N) is 2. The topological polar surface area (TPSA) is 57.7 Å². The van der Waals surface area contributed by atoms with Crippen LogP contribution in [0, 0.1) is 6.92 Å². The zero-order valence-electron chi connectivity index (χ0n) is 14.2. The van der Waals surface area contributed by atoms with Crippen LogP contribution in [0.3, 0.4) is 0 Å². The Bertz CT molecular complexity index is 815. The minimum Gasteiger partial charge on any atom is -0.301 e. The molecule has 0 atom stereocenters. The molecule has 0 radical (unpaired) electrons. The predicted molar refractivity (Wildman–Crippen MR) is 101 cm³/mol. The smallest absolute Gasteiger partial charge is 0.241 e. The monoisotopic (exact) mass is 378 g/mol. The number of rotatable bonds is 6. The van der Waals surface area contributed by atoms with Gasteiger partial charge in [-0.05, 0) is 49.5 Å². The summed E-state index contributed by atoms with van der Waals surface area (Å²) in [5, 5.41) is 2.94. The van der Waals surface area contributed by atoms with Crippen LogP contribution in [0.15, 0.2) is 46.7 Å². The van der Waals surface area contributed by atoms with E-state index in [0.717, 1.165) is 17.1 Å². The normalized spacial score (nSPS) is 16.4. The van der Waals surface area contributed by atoms with Gasteiger partial charge >= 0.3 is 0 Å². The Hall–Kier alpha value is -1.70. The highest BCUT2D eigenvalue weighted by atomic mass is 32.2. The van der Waals surface area contributed by atoms with Gasteiger partial charge in [-0.2, -0.15) is 0 Å². The molecule has 1 aliphatic rings. The van der Waals surface area contributed by atoms with Crippen molar-refractivity contribution in [3.8, 4) is 0 Å². The minimum atomic E-state index is -3.26. The van der Waals surface area contributed by atoms with Crippen LogP contribution in [0.25, 0.3) is 0 Å². The van der Waals surface area contributed by atoms with Crippen LogP contribution in [0.2, 0.25) is 0 Å². The van der Waals surface area contributed by atoms with Crippen molar-refractivity contribution >= 4 is 32.1 Å². The van der Waals surface area contributed by atoms with E-state index in [9.17, 15) is 13.2 Å². The van der Waals surface area contributed by atoms with Gasteiger partial charge < -0.3 is 4.90 Å². The molecule has 1 saturated heterocycles. The Morgan fingerprint density at radius 2 is 1.88 bits per heavy atom. The summed E-state index contributed by atoms with van der Waals surface area (Å²) in [5.74, 6) is 0.185. The number of aryl methyl sites for hydroxylation is 1.